The SMILES string of the molecule is CC1Oc2ccccc2N(CC(=O)NCc2ncccn2)C1=O. The van der Waals surface area contributed by atoms with Gasteiger partial charge in [0, 0.05) is 12.4 Å². The normalized spacial score (nSPS) is 16.5. The lowest BCUT2D eigenvalue weighted by Crippen LogP contribution is -2.48. The summed E-state index contributed by atoms with van der Waals surface area (Å²) >= 11 is 0. The molecular weight excluding hydrogens is 296 g/mol. The molecule has 0 saturated heterocycles. The van der Waals surface area contributed by atoms with Crippen molar-refractivity contribution in [1.29, 1.82) is 0 Å². The number of anilines is 1. The fourth-order valence-corrected chi connectivity index (χ4v) is 2.32. The first-order valence-corrected chi connectivity index (χ1v) is 7.25. The monoisotopic (exact) mass is 312 g/mol. The molecule has 1 unspecified atom stereocenters. The summed E-state index contributed by atoms with van der Waals surface area (Å²) in [5, 5.41) is 2.71. The van der Waals surface area contributed by atoms with Crippen molar-refractivity contribution in [3.63, 3.8) is 0 Å². The molecule has 1 aromatic carbocycles. The van der Waals surface area contributed by atoms with Crippen LogP contribution in [0.25, 0.3) is 0 Å². The lowest BCUT2D eigenvalue weighted by molar-refractivity contribution is -0.128. The largest absolute Gasteiger partial charge is 0.479 e. The van der Waals surface area contributed by atoms with Crippen molar-refractivity contribution in [2.75, 3.05) is 11.4 Å². The third kappa shape index (κ3) is 3.28. The van der Waals surface area contributed by atoms with Gasteiger partial charge in [-0.2, -0.15) is 0 Å². The summed E-state index contributed by atoms with van der Waals surface area (Å²) in [6.07, 6.45) is 2.60. The van der Waals surface area contributed by atoms with Gasteiger partial charge in [0.15, 0.2) is 6.10 Å². The number of hydrogen-bond acceptors (Lipinski definition) is 5. The number of carbonyl (C=O) groups is 2. The highest BCUT2D eigenvalue weighted by molar-refractivity contribution is 6.03. The van der Waals surface area contributed by atoms with Gasteiger partial charge in [-0.3, -0.25) is 14.5 Å². The van der Waals surface area contributed by atoms with Crippen LogP contribution in [-0.2, 0) is 16.1 Å². The molecule has 0 spiro atoms. The molecule has 2 amide bonds. The topological polar surface area (TPSA) is 84.4 Å². The quantitative estimate of drug-likeness (QED) is 0.907. The molecule has 0 fully saturated rings. The Hall–Kier alpha value is -2.96. The van der Waals surface area contributed by atoms with Crippen molar-refractivity contribution in [2.45, 2.75) is 19.6 Å². The predicted octanol–water partition coefficient (Wildman–Crippen LogP) is 0.907. The van der Waals surface area contributed by atoms with Crippen LogP contribution in [0.2, 0.25) is 0 Å². The number of nitrogens with one attached hydrogen (secondary N) is 1. The van der Waals surface area contributed by atoms with Gasteiger partial charge in [-0.25, -0.2) is 9.97 Å². The number of aromatic nitrogens is 2. The number of hydrogen-bond donors (Lipinski definition) is 1. The molecule has 1 aliphatic rings. The van der Waals surface area contributed by atoms with Gasteiger partial charge in [0.2, 0.25) is 5.91 Å². The Morgan fingerprint density at radius 3 is 2.78 bits per heavy atom. The second-order valence-corrected chi connectivity index (χ2v) is 5.09. The highest BCUT2D eigenvalue weighted by atomic mass is 16.5. The Morgan fingerprint density at radius 1 is 1.26 bits per heavy atom. The van der Waals surface area contributed by atoms with Crippen molar-refractivity contribution in [1.82, 2.24) is 15.3 Å². The van der Waals surface area contributed by atoms with Gasteiger partial charge in [0.05, 0.1) is 12.2 Å². The smallest absolute Gasteiger partial charge is 0.268 e. The molecule has 23 heavy (non-hydrogen) atoms. The highest BCUT2D eigenvalue weighted by Crippen LogP contribution is 2.33. The second-order valence-electron chi connectivity index (χ2n) is 5.09. The first-order valence-electron chi connectivity index (χ1n) is 7.25. The maximum Gasteiger partial charge on any atom is 0.268 e. The summed E-state index contributed by atoms with van der Waals surface area (Å²) in [4.78, 5) is 33.9. The zero-order chi connectivity index (χ0) is 16.2. The van der Waals surface area contributed by atoms with Crippen LogP contribution in [0.4, 0.5) is 5.69 Å². The molecular formula is C16H16N4O3. The van der Waals surface area contributed by atoms with Crippen molar-refractivity contribution < 1.29 is 14.3 Å². The number of fused-ring (bicyclic) bond motifs is 1. The van der Waals surface area contributed by atoms with Gasteiger partial charge < -0.3 is 10.1 Å². The van der Waals surface area contributed by atoms with Crippen LogP contribution in [0, 0.1) is 0 Å². The average molecular weight is 312 g/mol. The average Bonchev–Trinajstić information content (AvgIpc) is 2.58. The van der Waals surface area contributed by atoms with Crippen molar-refractivity contribution >= 4 is 17.5 Å². The zero-order valence-corrected chi connectivity index (χ0v) is 12.6. The summed E-state index contributed by atoms with van der Waals surface area (Å²) in [5.74, 6) is 0.589. The molecule has 2 aromatic rings. The molecule has 0 bridgehead atoms. The zero-order valence-electron chi connectivity index (χ0n) is 12.6. The number of carbonyl (C=O) groups excluding carboxylic acids is 2. The Morgan fingerprint density at radius 2 is 2.00 bits per heavy atom. The van der Waals surface area contributed by atoms with Crippen molar-refractivity contribution in [2.24, 2.45) is 0 Å². The first-order chi connectivity index (χ1) is 11.1. The Bertz CT molecular complexity index is 720. The molecule has 1 N–H and O–H groups in total. The van der Waals surface area contributed by atoms with E-state index in [4.69, 9.17) is 4.74 Å². The molecule has 1 atom stereocenters. The summed E-state index contributed by atoms with van der Waals surface area (Å²) in [5.41, 5.74) is 0.599. The molecule has 7 nitrogen and oxygen atoms in total. The molecule has 1 aliphatic heterocycles. The van der Waals surface area contributed by atoms with Crippen LogP contribution in [0.3, 0.4) is 0 Å². The molecule has 7 heteroatoms. The minimum Gasteiger partial charge on any atom is -0.479 e. The summed E-state index contributed by atoms with van der Waals surface area (Å²) in [7, 11) is 0. The number of benzene rings is 1. The molecule has 0 radical (unpaired) electrons. The van der Waals surface area contributed by atoms with Crippen LogP contribution in [-0.4, -0.2) is 34.4 Å². The van der Waals surface area contributed by atoms with Gasteiger partial charge in [-0.1, -0.05) is 12.1 Å². The maximum atomic E-state index is 12.3. The van der Waals surface area contributed by atoms with Gasteiger partial charge in [0.25, 0.3) is 5.91 Å². The van der Waals surface area contributed by atoms with E-state index in [0.29, 0.717) is 17.3 Å². The van der Waals surface area contributed by atoms with Gasteiger partial charge in [-0.15, -0.1) is 0 Å². The van der Waals surface area contributed by atoms with Crippen molar-refractivity contribution in [3.8, 4) is 5.75 Å². The van der Waals surface area contributed by atoms with E-state index < -0.39 is 6.10 Å². The van der Waals surface area contributed by atoms with Crippen LogP contribution < -0.4 is 15.0 Å². The third-order valence-electron chi connectivity index (χ3n) is 3.44. The van der Waals surface area contributed by atoms with E-state index in [9.17, 15) is 9.59 Å². The molecule has 2 heterocycles. The van der Waals surface area contributed by atoms with Crippen molar-refractivity contribution in [3.05, 3.63) is 48.5 Å². The summed E-state index contributed by atoms with van der Waals surface area (Å²) < 4.78 is 5.54. The van der Waals surface area contributed by atoms with Crippen LogP contribution in [0.1, 0.15) is 12.7 Å². The fourth-order valence-electron chi connectivity index (χ4n) is 2.32. The Kier molecular flexibility index (Phi) is 4.18. The van der Waals surface area contributed by atoms with Crippen LogP contribution in [0.5, 0.6) is 5.75 Å². The van der Waals surface area contributed by atoms with Crippen LogP contribution >= 0.6 is 0 Å². The van der Waals surface area contributed by atoms with E-state index in [-0.39, 0.29) is 24.9 Å². The second kappa shape index (κ2) is 6.43. The number of nitrogens with zero attached hydrogens (tertiary/aromatic N) is 3. The maximum absolute atomic E-state index is 12.3. The Balaban J connectivity index is 1.69. The van der Waals surface area contributed by atoms with Crippen LogP contribution in [0.15, 0.2) is 42.7 Å². The number of ether oxygens (including phenoxy) is 1. The third-order valence-corrected chi connectivity index (χ3v) is 3.44. The molecule has 3 rings (SSSR count). The van der Waals surface area contributed by atoms with E-state index in [1.807, 2.05) is 6.07 Å². The molecule has 118 valence electrons. The molecule has 0 saturated carbocycles. The van der Waals surface area contributed by atoms with E-state index >= 15 is 0 Å². The van der Waals surface area contributed by atoms with E-state index in [2.05, 4.69) is 15.3 Å². The fraction of sp³-hybridized carbons (Fsp3) is 0.250. The number of amides is 2. The van der Waals surface area contributed by atoms with Gasteiger partial charge in [0.1, 0.15) is 18.1 Å². The molecule has 1 aromatic heterocycles. The highest BCUT2D eigenvalue weighted by Gasteiger charge is 2.32. The van der Waals surface area contributed by atoms with Gasteiger partial charge >= 0.3 is 0 Å². The number of para-hydroxylation sites is 2. The number of rotatable bonds is 4. The minimum absolute atomic E-state index is 0.0730. The summed E-state index contributed by atoms with van der Waals surface area (Å²) in [6, 6.07) is 8.87. The minimum atomic E-state index is -0.616. The lowest BCUT2D eigenvalue weighted by atomic mass is 10.2. The van der Waals surface area contributed by atoms with Gasteiger partial charge in [-0.05, 0) is 25.1 Å². The lowest BCUT2D eigenvalue weighted by Gasteiger charge is -2.32. The van der Waals surface area contributed by atoms with E-state index in [1.54, 1.807) is 43.6 Å². The predicted molar refractivity (Wildman–Crippen MR) is 82.8 cm³/mol. The first kappa shape index (κ1) is 15.0. The van der Waals surface area contributed by atoms with E-state index in [1.165, 1.54) is 4.90 Å². The summed E-state index contributed by atoms with van der Waals surface area (Å²) in [6.45, 7) is 1.81. The van der Waals surface area contributed by atoms with E-state index in [0.717, 1.165) is 0 Å². The Labute approximate surface area is 133 Å². The standard InChI is InChI=1S/C16H16N4O3/c1-11-16(22)20(12-5-2-3-6-13(12)23-11)10-15(21)19-9-14-17-7-4-8-18-14/h2-8,11H,9-10H2,1H3,(H,19,21). The molecule has 0 aliphatic carbocycles.